The zero-order valence-electron chi connectivity index (χ0n) is 12.2. The highest BCUT2D eigenvalue weighted by molar-refractivity contribution is 5.60. The molecule has 3 rings (SSSR count). The number of hydrogen-bond donors (Lipinski definition) is 1. The van der Waals surface area contributed by atoms with Crippen molar-refractivity contribution in [2.75, 3.05) is 24.5 Å². The van der Waals surface area contributed by atoms with Crippen molar-refractivity contribution in [1.82, 2.24) is 5.32 Å². The van der Waals surface area contributed by atoms with Crippen LogP contribution in [0.2, 0.25) is 0 Å². The molecule has 1 aromatic rings. The molecule has 20 heavy (non-hydrogen) atoms. The highest BCUT2D eigenvalue weighted by Crippen LogP contribution is 2.30. The van der Waals surface area contributed by atoms with Crippen molar-refractivity contribution >= 4 is 5.69 Å². The Morgan fingerprint density at radius 3 is 2.70 bits per heavy atom. The van der Waals surface area contributed by atoms with Gasteiger partial charge in [0, 0.05) is 19.1 Å². The van der Waals surface area contributed by atoms with Gasteiger partial charge in [-0.1, -0.05) is 6.07 Å². The first-order valence-corrected chi connectivity index (χ1v) is 7.77. The van der Waals surface area contributed by atoms with Gasteiger partial charge in [0.25, 0.3) is 0 Å². The molecule has 2 saturated heterocycles. The molecule has 2 aliphatic heterocycles. The maximum atomic E-state index is 9.28. The van der Waals surface area contributed by atoms with Crippen LogP contribution in [0, 0.1) is 24.2 Å². The highest BCUT2D eigenvalue weighted by atomic mass is 15.1. The molecule has 2 fully saturated rings. The minimum Gasteiger partial charge on any atom is -0.370 e. The zero-order chi connectivity index (χ0) is 13.9. The topological polar surface area (TPSA) is 39.1 Å². The van der Waals surface area contributed by atoms with E-state index < -0.39 is 0 Å². The first-order chi connectivity index (χ1) is 9.78. The summed E-state index contributed by atoms with van der Waals surface area (Å²) in [5, 5.41) is 12.9. The Balaban J connectivity index is 1.69. The van der Waals surface area contributed by atoms with Crippen LogP contribution in [0.1, 0.15) is 36.8 Å². The molecule has 0 aromatic heterocycles. The van der Waals surface area contributed by atoms with E-state index in [4.69, 9.17) is 0 Å². The lowest BCUT2D eigenvalue weighted by molar-refractivity contribution is 0.319. The van der Waals surface area contributed by atoms with Gasteiger partial charge in [-0.15, -0.1) is 0 Å². The number of piperidine rings is 1. The average molecular weight is 269 g/mol. The summed E-state index contributed by atoms with van der Waals surface area (Å²) in [6, 6.07) is 9.21. The van der Waals surface area contributed by atoms with Gasteiger partial charge in [-0.3, -0.25) is 0 Å². The highest BCUT2D eigenvalue weighted by Gasteiger charge is 2.28. The second kappa shape index (κ2) is 5.85. The minimum atomic E-state index is 0.741. The van der Waals surface area contributed by atoms with Crippen molar-refractivity contribution in [3.63, 3.8) is 0 Å². The summed E-state index contributed by atoms with van der Waals surface area (Å²) in [4.78, 5) is 2.40. The first-order valence-electron chi connectivity index (χ1n) is 7.77. The number of nitrogens with one attached hydrogen (secondary N) is 1. The molecule has 1 aromatic carbocycles. The average Bonchev–Trinajstić information content (AvgIpc) is 3.02. The number of rotatable bonds is 2. The molecule has 0 spiro atoms. The van der Waals surface area contributed by atoms with E-state index in [9.17, 15) is 5.26 Å². The van der Waals surface area contributed by atoms with Crippen molar-refractivity contribution in [2.24, 2.45) is 5.92 Å². The molecule has 0 amide bonds. The molecular weight excluding hydrogens is 246 g/mol. The molecule has 0 saturated carbocycles. The van der Waals surface area contributed by atoms with Crippen molar-refractivity contribution < 1.29 is 0 Å². The molecular formula is C17H23N3. The van der Waals surface area contributed by atoms with Crippen LogP contribution >= 0.6 is 0 Å². The van der Waals surface area contributed by atoms with E-state index in [1.54, 1.807) is 0 Å². The number of nitrogens with zero attached hydrogens (tertiary/aromatic N) is 2. The molecule has 3 nitrogen and oxygen atoms in total. The third kappa shape index (κ3) is 2.66. The number of nitriles is 1. The van der Waals surface area contributed by atoms with Gasteiger partial charge in [0.1, 0.15) is 6.07 Å². The molecule has 1 unspecified atom stereocenters. The SMILES string of the molecule is Cc1ccc(C#N)c(N2CCC(C3CCCN3)CC2)c1. The van der Waals surface area contributed by atoms with Crippen molar-refractivity contribution in [3.8, 4) is 6.07 Å². The van der Waals surface area contributed by atoms with Crippen LogP contribution in [0.3, 0.4) is 0 Å². The Bertz CT molecular complexity index is 503. The summed E-state index contributed by atoms with van der Waals surface area (Å²) >= 11 is 0. The predicted molar refractivity (Wildman–Crippen MR) is 81.9 cm³/mol. The van der Waals surface area contributed by atoms with Gasteiger partial charge in [-0.2, -0.15) is 5.26 Å². The standard InChI is InChI=1S/C17H23N3/c1-13-4-5-15(12-18)17(11-13)20-9-6-14(7-10-20)16-3-2-8-19-16/h4-5,11,14,16,19H,2-3,6-10H2,1H3. The molecule has 0 radical (unpaired) electrons. The fourth-order valence-corrected chi connectivity index (χ4v) is 3.65. The van der Waals surface area contributed by atoms with Crippen LogP contribution in [-0.4, -0.2) is 25.7 Å². The predicted octanol–water partition coefficient (Wildman–Crippen LogP) is 2.84. The Morgan fingerprint density at radius 2 is 2.05 bits per heavy atom. The van der Waals surface area contributed by atoms with E-state index in [0.717, 1.165) is 36.3 Å². The fourth-order valence-electron chi connectivity index (χ4n) is 3.65. The van der Waals surface area contributed by atoms with Gasteiger partial charge in [0.05, 0.1) is 11.3 Å². The smallest absolute Gasteiger partial charge is 0.101 e. The minimum absolute atomic E-state index is 0.741. The second-order valence-corrected chi connectivity index (χ2v) is 6.16. The first kappa shape index (κ1) is 13.5. The van der Waals surface area contributed by atoms with Crippen LogP contribution in [0.25, 0.3) is 0 Å². The van der Waals surface area contributed by atoms with Crippen molar-refractivity contribution in [1.29, 1.82) is 5.26 Å². The summed E-state index contributed by atoms with van der Waals surface area (Å²) in [6.07, 6.45) is 5.17. The Hall–Kier alpha value is -1.53. The molecule has 2 aliphatic rings. The van der Waals surface area contributed by atoms with E-state index in [1.807, 2.05) is 12.1 Å². The molecule has 1 atom stereocenters. The lowest BCUT2D eigenvalue weighted by atomic mass is 9.88. The van der Waals surface area contributed by atoms with Crippen LogP contribution in [0.4, 0.5) is 5.69 Å². The summed E-state index contributed by atoms with van der Waals surface area (Å²) in [5.74, 6) is 0.823. The van der Waals surface area contributed by atoms with Gasteiger partial charge in [0.2, 0.25) is 0 Å². The summed E-state index contributed by atoms with van der Waals surface area (Å²) in [5.41, 5.74) is 3.18. The van der Waals surface area contributed by atoms with Crippen molar-refractivity contribution in [2.45, 2.75) is 38.6 Å². The number of aryl methyl sites for hydroxylation is 1. The van der Waals surface area contributed by atoms with Gasteiger partial charge in [0.15, 0.2) is 0 Å². The lowest BCUT2D eigenvalue weighted by Crippen LogP contribution is -2.41. The van der Waals surface area contributed by atoms with Crippen LogP contribution in [0.15, 0.2) is 18.2 Å². The maximum Gasteiger partial charge on any atom is 0.101 e. The molecule has 2 heterocycles. The molecule has 0 bridgehead atoms. The monoisotopic (exact) mass is 269 g/mol. The van der Waals surface area contributed by atoms with Gasteiger partial charge >= 0.3 is 0 Å². The largest absolute Gasteiger partial charge is 0.370 e. The summed E-state index contributed by atoms with van der Waals surface area (Å²) in [6.45, 7) is 5.46. The second-order valence-electron chi connectivity index (χ2n) is 6.16. The van der Waals surface area contributed by atoms with Gasteiger partial charge in [-0.25, -0.2) is 0 Å². The van der Waals surface area contributed by atoms with Crippen LogP contribution < -0.4 is 10.2 Å². The van der Waals surface area contributed by atoms with Gasteiger partial charge in [-0.05, 0) is 62.8 Å². The number of benzene rings is 1. The Kier molecular flexibility index (Phi) is 3.93. The zero-order valence-corrected chi connectivity index (χ0v) is 12.2. The van der Waals surface area contributed by atoms with E-state index in [2.05, 4.69) is 29.3 Å². The number of anilines is 1. The quantitative estimate of drug-likeness (QED) is 0.897. The maximum absolute atomic E-state index is 9.28. The molecule has 106 valence electrons. The summed E-state index contributed by atoms with van der Waals surface area (Å²) < 4.78 is 0. The normalized spacial score (nSPS) is 23.8. The molecule has 1 N–H and O–H groups in total. The molecule has 0 aliphatic carbocycles. The third-order valence-electron chi connectivity index (χ3n) is 4.82. The third-order valence-corrected chi connectivity index (χ3v) is 4.82. The Labute approximate surface area is 121 Å². The van der Waals surface area contributed by atoms with E-state index >= 15 is 0 Å². The van der Waals surface area contributed by atoms with Crippen LogP contribution in [-0.2, 0) is 0 Å². The van der Waals surface area contributed by atoms with Crippen molar-refractivity contribution in [3.05, 3.63) is 29.3 Å². The lowest BCUT2D eigenvalue weighted by Gasteiger charge is -2.36. The number of hydrogen-bond acceptors (Lipinski definition) is 3. The van der Waals surface area contributed by atoms with Gasteiger partial charge < -0.3 is 10.2 Å². The van der Waals surface area contributed by atoms with E-state index in [-0.39, 0.29) is 0 Å². The van der Waals surface area contributed by atoms with E-state index in [0.29, 0.717) is 0 Å². The van der Waals surface area contributed by atoms with Crippen LogP contribution in [0.5, 0.6) is 0 Å². The fraction of sp³-hybridized carbons (Fsp3) is 0.588. The van der Waals surface area contributed by atoms with E-state index in [1.165, 1.54) is 37.8 Å². The molecule has 3 heteroatoms. The Morgan fingerprint density at radius 1 is 1.25 bits per heavy atom. The summed E-state index contributed by atoms with van der Waals surface area (Å²) in [7, 11) is 0.